The number of alkyl halides is 3. The van der Waals surface area contributed by atoms with Gasteiger partial charge in [0.15, 0.2) is 0 Å². The number of hydrogen-bond acceptors (Lipinski definition) is 2. The summed E-state index contributed by atoms with van der Waals surface area (Å²) in [5.41, 5.74) is -1.29. The highest BCUT2D eigenvalue weighted by Gasteiger charge is 2.31. The molecular weight excluding hydrogens is 354 g/mol. The quantitative estimate of drug-likeness (QED) is 0.739. The zero-order valence-electron chi connectivity index (χ0n) is 10.2. The van der Waals surface area contributed by atoms with Gasteiger partial charge in [0.25, 0.3) is 0 Å². The first-order valence-corrected chi connectivity index (χ1v) is 6.32. The molecule has 2 aromatic rings. The van der Waals surface area contributed by atoms with E-state index in [9.17, 15) is 22.7 Å². The molecule has 21 heavy (non-hydrogen) atoms. The summed E-state index contributed by atoms with van der Waals surface area (Å²) in [5, 5.41) is 18.8. The number of rotatable bonds is 1. The molecule has 0 saturated heterocycles. The van der Waals surface area contributed by atoms with Crippen LogP contribution in [0, 0.1) is 17.1 Å². The molecule has 0 unspecified atom stereocenters. The second kappa shape index (κ2) is 5.37. The van der Waals surface area contributed by atoms with Crippen LogP contribution >= 0.6 is 15.9 Å². The average Bonchev–Trinajstić information content (AvgIpc) is 2.40. The summed E-state index contributed by atoms with van der Waals surface area (Å²) >= 11 is 2.99. The fourth-order valence-corrected chi connectivity index (χ4v) is 2.25. The van der Waals surface area contributed by atoms with Crippen molar-refractivity contribution in [1.82, 2.24) is 0 Å². The summed E-state index contributed by atoms with van der Waals surface area (Å²) < 4.78 is 51.6. The number of phenols is 1. The molecule has 1 N–H and O–H groups in total. The Morgan fingerprint density at radius 2 is 1.76 bits per heavy atom. The predicted molar refractivity (Wildman–Crippen MR) is 70.9 cm³/mol. The second-order valence-corrected chi connectivity index (χ2v) is 5.05. The number of halogens is 5. The molecule has 7 heteroatoms. The minimum atomic E-state index is -4.71. The number of phenolic OH excluding ortho intramolecular Hbond substituents is 1. The van der Waals surface area contributed by atoms with Crippen LogP contribution in [0.5, 0.6) is 5.75 Å². The second-order valence-electron chi connectivity index (χ2n) is 4.19. The summed E-state index contributed by atoms with van der Waals surface area (Å²) in [6.45, 7) is 0. The van der Waals surface area contributed by atoms with Crippen LogP contribution in [0.2, 0.25) is 0 Å². The summed E-state index contributed by atoms with van der Waals surface area (Å²) in [7, 11) is 0. The van der Waals surface area contributed by atoms with E-state index in [4.69, 9.17) is 5.26 Å². The van der Waals surface area contributed by atoms with Crippen LogP contribution in [0.25, 0.3) is 11.1 Å². The average molecular weight is 360 g/mol. The van der Waals surface area contributed by atoms with E-state index in [0.29, 0.717) is 12.1 Å². The van der Waals surface area contributed by atoms with Gasteiger partial charge in [-0.25, -0.2) is 4.39 Å². The van der Waals surface area contributed by atoms with Crippen LogP contribution in [0.3, 0.4) is 0 Å². The minimum absolute atomic E-state index is 0.0640. The van der Waals surface area contributed by atoms with Gasteiger partial charge in [-0.05, 0) is 51.8 Å². The molecule has 0 fully saturated rings. The van der Waals surface area contributed by atoms with E-state index in [-0.39, 0.29) is 26.9 Å². The molecule has 0 saturated carbocycles. The SMILES string of the molecule is N#Cc1cc(Br)c(O)c(-c2cc(F)cc(C(F)(F)F)c2)c1. The van der Waals surface area contributed by atoms with Crippen molar-refractivity contribution in [2.45, 2.75) is 6.18 Å². The van der Waals surface area contributed by atoms with E-state index in [2.05, 4.69) is 15.9 Å². The standard InChI is InChI=1S/C14H6BrF4NO/c15-12-2-7(6-20)1-11(13(12)21)8-3-9(14(17,18)19)5-10(16)4-8/h1-5,21H. The Hall–Kier alpha value is -2.07. The van der Waals surface area contributed by atoms with Gasteiger partial charge in [-0.15, -0.1) is 0 Å². The van der Waals surface area contributed by atoms with Gasteiger partial charge in [0, 0.05) is 5.56 Å². The number of benzene rings is 2. The Bertz CT molecular complexity index is 750. The third-order valence-electron chi connectivity index (χ3n) is 2.73. The van der Waals surface area contributed by atoms with Crippen LogP contribution in [0.4, 0.5) is 17.6 Å². The number of hydrogen-bond donors (Lipinski definition) is 1. The van der Waals surface area contributed by atoms with Crippen molar-refractivity contribution in [3.05, 3.63) is 51.7 Å². The van der Waals surface area contributed by atoms with E-state index >= 15 is 0 Å². The molecule has 2 aromatic carbocycles. The van der Waals surface area contributed by atoms with Crippen molar-refractivity contribution in [3.63, 3.8) is 0 Å². The highest BCUT2D eigenvalue weighted by molar-refractivity contribution is 9.10. The first-order chi connectivity index (χ1) is 9.72. The van der Waals surface area contributed by atoms with Gasteiger partial charge in [-0.3, -0.25) is 0 Å². The fraction of sp³-hybridized carbons (Fsp3) is 0.0714. The highest BCUT2D eigenvalue weighted by Crippen LogP contribution is 2.39. The lowest BCUT2D eigenvalue weighted by Crippen LogP contribution is -2.05. The molecule has 2 nitrogen and oxygen atoms in total. The molecule has 0 aliphatic carbocycles. The third-order valence-corrected chi connectivity index (χ3v) is 3.33. The summed E-state index contributed by atoms with van der Waals surface area (Å²) in [6.07, 6.45) is -4.71. The van der Waals surface area contributed by atoms with Crippen molar-refractivity contribution in [3.8, 4) is 22.9 Å². The lowest BCUT2D eigenvalue weighted by atomic mass is 10.00. The van der Waals surface area contributed by atoms with E-state index in [1.807, 2.05) is 6.07 Å². The molecule has 0 aliphatic heterocycles. The Morgan fingerprint density at radius 1 is 1.10 bits per heavy atom. The van der Waals surface area contributed by atoms with Crippen LogP contribution in [0.15, 0.2) is 34.8 Å². The third kappa shape index (κ3) is 3.16. The molecule has 0 atom stereocenters. The van der Waals surface area contributed by atoms with Gasteiger partial charge in [0.05, 0.1) is 21.7 Å². The van der Waals surface area contributed by atoms with Crippen LogP contribution in [0.1, 0.15) is 11.1 Å². The molecule has 0 heterocycles. The molecule has 0 amide bonds. The van der Waals surface area contributed by atoms with Gasteiger partial charge in [0.1, 0.15) is 11.6 Å². The predicted octanol–water partition coefficient (Wildman–Crippen LogP) is 4.85. The zero-order valence-corrected chi connectivity index (χ0v) is 11.8. The molecule has 2 rings (SSSR count). The van der Waals surface area contributed by atoms with Gasteiger partial charge in [0.2, 0.25) is 0 Å². The summed E-state index contributed by atoms with van der Waals surface area (Å²) in [5.74, 6) is -1.45. The molecule has 0 radical (unpaired) electrons. The maximum atomic E-state index is 13.4. The fourth-order valence-electron chi connectivity index (χ4n) is 1.79. The molecule has 0 bridgehead atoms. The van der Waals surface area contributed by atoms with E-state index in [0.717, 1.165) is 6.07 Å². The first kappa shape index (κ1) is 15.3. The molecule has 0 spiro atoms. The normalized spacial score (nSPS) is 11.2. The molecule has 108 valence electrons. The summed E-state index contributed by atoms with van der Waals surface area (Å²) in [4.78, 5) is 0. The smallest absolute Gasteiger partial charge is 0.416 e. The van der Waals surface area contributed by atoms with Gasteiger partial charge < -0.3 is 5.11 Å². The minimum Gasteiger partial charge on any atom is -0.506 e. The maximum Gasteiger partial charge on any atom is 0.416 e. The monoisotopic (exact) mass is 359 g/mol. The summed E-state index contributed by atoms with van der Waals surface area (Å²) in [6, 6.07) is 6.24. The lowest BCUT2D eigenvalue weighted by Gasteiger charge is -2.11. The van der Waals surface area contributed by atoms with Gasteiger partial charge in [-0.1, -0.05) is 0 Å². The number of nitrogens with zero attached hydrogens (tertiary/aromatic N) is 1. The van der Waals surface area contributed by atoms with E-state index < -0.39 is 17.6 Å². The topological polar surface area (TPSA) is 44.0 Å². The molecule has 0 aliphatic rings. The Balaban J connectivity index is 2.71. The molecular formula is C14H6BrF4NO. The highest BCUT2D eigenvalue weighted by atomic mass is 79.9. The maximum absolute atomic E-state index is 13.4. The lowest BCUT2D eigenvalue weighted by molar-refractivity contribution is -0.137. The Labute approximate surface area is 125 Å². The largest absolute Gasteiger partial charge is 0.506 e. The van der Waals surface area contributed by atoms with Crippen molar-refractivity contribution >= 4 is 15.9 Å². The first-order valence-electron chi connectivity index (χ1n) is 5.53. The Morgan fingerprint density at radius 3 is 2.33 bits per heavy atom. The Kier molecular flexibility index (Phi) is 3.92. The van der Waals surface area contributed by atoms with Crippen molar-refractivity contribution in [1.29, 1.82) is 5.26 Å². The zero-order chi connectivity index (χ0) is 15.8. The van der Waals surface area contributed by atoms with E-state index in [1.165, 1.54) is 12.1 Å². The van der Waals surface area contributed by atoms with Crippen LogP contribution in [-0.4, -0.2) is 5.11 Å². The van der Waals surface area contributed by atoms with E-state index in [1.54, 1.807) is 0 Å². The van der Waals surface area contributed by atoms with Crippen molar-refractivity contribution < 1.29 is 22.7 Å². The van der Waals surface area contributed by atoms with Crippen LogP contribution < -0.4 is 0 Å². The number of aromatic hydroxyl groups is 1. The van der Waals surface area contributed by atoms with Gasteiger partial charge in [-0.2, -0.15) is 18.4 Å². The van der Waals surface area contributed by atoms with Crippen LogP contribution in [-0.2, 0) is 6.18 Å². The number of nitriles is 1. The molecule has 0 aromatic heterocycles. The van der Waals surface area contributed by atoms with Gasteiger partial charge >= 0.3 is 6.18 Å². The van der Waals surface area contributed by atoms with Crippen molar-refractivity contribution in [2.75, 3.05) is 0 Å². The van der Waals surface area contributed by atoms with Crippen molar-refractivity contribution in [2.24, 2.45) is 0 Å².